The van der Waals surface area contributed by atoms with E-state index in [1.165, 1.54) is 29.7 Å². The van der Waals surface area contributed by atoms with Gasteiger partial charge in [-0.25, -0.2) is 0 Å². The van der Waals surface area contributed by atoms with Crippen LogP contribution in [0.1, 0.15) is 38.3 Å². The summed E-state index contributed by atoms with van der Waals surface area (Å²) in [5.74, 6) is 0. The quantitative estimate of drug-likeness (QED) is 0.906. The summed E-state index contributed by atoms with van der Waals surface area (Å²) in [6, 6.07) is 6.61. The van der Waals surface area contributed by atoms with Crippen molar-refractivity contribution in [3.63, 3.8) is 0 Å². The maximum Gasteiger partial charge on any atom is 0.0648 e. The van der Waals surface area contributed by atoms with E-state index in [2.05, 4.69) is 43.9 Å². The van der Waals surface area contributed by atoms with Crippen LogP contribution in [0.2, 0.25) is 0 Å². The summed E-state index contributed by atoms with van der Waals surface area (Å²) in [6.07, 6.45) is 2.39. The molecule has 0 spiro atoms. The fourth-order valence-corrected chi connectivity index (χ4v) is 2.55. The lowest BCUT2D eigenvalue weighted by atomic mass is 9.99. The van der Waals surface area contributed by atoms with Crippen molar-refractivity contribution in [3.05, 3.63) is 29.3 Å². The van der Waals surface area contributed by atoms with Gasteiger partial charge in [-0.05, 0) is 50.8 Å². The minimum Gasteiger partial charge on any atom is -0.374 e. The molecule has 1 heterocycles. The minimum absolute atomic E-state index is 0.0535. The van der Waals surface area contributed by atoms with Crippen molar-refractivity contribution >= 4 is 5.69 Å². The molecule has 0 radical (unpaired) electrons. The van der Waals surface area contributed by atoms with E-state index in [1.54, 1.807) is 0 Å². The number of ether oxygens (including phenoxy) is 1. The van der Waals surface area contributed by atoms with Gasteiger partial charge in [-0.15, -0.1) is 0 Å². The number of rotatable bonds is 4. The summed E-state index contributed by atoms with van der Waals surface area (Å²) in [6.45, 7) is 9.80. The van der Waals surface area contributed by atoms with Crippen LogP contribution >= 0.6 is 0 Å². The minimum atomic E-state index is -0.0535. The average molecular weight is 262 g/mol. The third-order valence-electron chi connectivity index (χ3n) is 3.49. The average Bonchev–Trinajstić information content (AvgIpc) is 2.37. The standard InChI is InChI=1S/C16H26N2O/c1-16(2,3)19-10-9-18-8-4-5-14-11-13(12-17)6-7-15(14)18/h6-7,11H,4-5,8-10,12,17H2,1-3H3. The Bertz CT molecular complexity index is 423. The van der Waals surface area contributed by atoms with Gasteiger partial charge in [-0.2, -0.15) is 0 Å². The van der Waals surface area contributed by atoms with Crippen LogP contribution in [-0.2, 0) is 17.7 Å². The van der Waals surface area contributed by atoms with Crippen molar-refractivity contribution in [1.82, 2.24) is 0 Å². The molecular weight excluding hydrogens is 236 g/mol. The van der Waals surface area contributed by atoms with Gasteiger partial charge in [0, 0.05) is 25.3 Å². The first-order valence-electron chi connectivity index (χ1n) is 7.20. The molecule has 0 aliphatic carbocycles. The fraction of sp³-hybridized carbons (Fsp3) is 0.625. The van der Waals surface area contributed by atoms with Crippen LogP contribution in [0, 0.1) is 0 Å². The smallest absolute Gasteiger partial charge is 0.0648 e. The second-order valence-electron chi connectivity index (χ2n) is 6.22. The Hall–Kier alpha value is -1.06. The van der Waals surface area contributed by atoms with Gasteiger partial charge < -0.3 is 15.4 Å². The number of aryl methyl sites for hydroxylation is 1. The van der Waals surface area contributed by atoms with E-state index in [1.807, 2.05) is 0 Å². The summed E-state index contributed by atoms with van der Waals surface area (Å²) in [5, 5.41) is 0. The molecule has 3 heteroatoms. The molecular formula is C16H26N2O. The maximum atomic E-state index is 5.83. The number of nitrogens with two attached hydrogens (primary N) is 1. The second-order valence-corrected chi connectivity index (χ2v) is 6.22. The molecule has 0 fully saturated rings. The van der Waals surface area contributed by atoms with Gasteiger partial charge >= 0.3 is 0 Å². The fourth-order valence-electron chi connectivity index (χ4n) is 2.55. The molecule has 1 aromatic carbocycles. The van der Waals surface area contributed by atoms with Crippen LogP contribution < -0.4 is 10.6 Å². The third-order valence-corrected chi connectivity index (χ3v) is 3.49. The summed E-state index contributed by atoms with van der Waals surface area (Å²) >= 11 is 0. The molecule has 0 atom stereocenters. The molecule has 0 bridgehead atoms. The van der Waals surface area contributed by atoms with E-state index in [9.17, 15) is 0 Å². The maximum absolute atomic E-state index is 5.83. The second kappa shape index (κ2) is 5.93. The van der Waals surface area contributed by atoms with E-state index in [0.717, 1.165) is 19.7 Å². The molecule has 106 valence electrons. The Morgan fingerprint density at radius 3 is 2.79 bits per heavy atom. The number of benzene rings is 1. The molecule has 0 unspecified atom stereocenters. The first kappa shape index (κ1) is 14.4. The first-order chi connectivity index (χ1) is 8.99. The van der Waals surface area contributed by atoms with Crippen LogP contribution in [-0.4, -0.2) is 25.3 Å². The molecule has 0 saturated heterocycles. The normalized spacial score (nSPS) is 15.5. The Kier molecular flexibility index (Phi) is 4.48. The number of hydrogen-bond acceptors (Lipinski definition) is 3. The number of hydrogen-bond donors (Lipinski definition) is 1. The van der Waals surface area contributed by atoms with Crippen LogP contribution in [0.15, 0.2) is 18.2 Å². The summed E-state index contributed by atoms with van der Waals surface area (Å²) in [7, 11) is 0. The molecule has 2 rings (SSSR count). The number of fused-ring (bicyclic) bond motifs is 1. The predicted molar refractivity (Wildman–Crippen MR) is 80.6 cm³/mol. The van der Waals surface area contributed by atoms with Crippen LogP contribution in [0.25, 0.3) is 0 Å². The SMILES string of the molecule is CC(C)(C)OCCN1CCCc2cc(CN)ccc21. The van der Waals surface area contributed by atoms with Gasteiger partial charge in [0.1, 0.15) is 0 Å². The highest BCUT2D eigenvalue weighted by molar-refractivity contribution is 5.56. The highest BCUT2D eigenvalue weighted by atomic mass is 16.5. The molecule has 0 amide bonds. The Morgan fingerprint density at radius 1 is 1.32 bits per heavy atom. The highest BCUT2D eigenvalue weighted by Gasteiger charge is 2.18. The van der Waals surface area contributed by atoms with E-state index in [-0.39, 0.29) is 5.60 Å². The Morgan fingerprint density at radius 2 is 2.11 bits per heavy atom. The molecule has 19 heavy (non-hydrogen) atoms. The van der Waals surface area contributed by atoms with Gasteiger partial charge in [-0.1, -0.05) is 12.1 Å². The Labute approximate surface area is 116 Å². The van der Waals surface area contributed by atoms with Crippen molar-refractivity contribution in [2.45, 2.75) is 45.8 Å². The summed E-state index contributed by atoms with van der Waals surface area (Å²) in [5.41, 5.74) is 9.68. The van der Waals surface area contributed by atoms with E-state index in [0.29, 0.717) is 6.54 Å². The highest BCUT2D eigenvalue weighted by Crippen LogP contribution is 2.27. The zero-order valence-electron chi connectivity index (χ0n) is 12.4. The number of anilines is 1. The Balaban J connectivity index is 2.01. The van der Waals surface area contributed by atoms with Gasteiger partial charge in [-0.3, -0.25) is 0 Å². The van der Waals surface area contributed by atoms with Gasteiger partial charge in [0.2, 0.25) is 0 Å². The largest absolute Gasteiger partial charge is 0.374 e. The zero-order chi connectivity index (χ0) is 13.9. The van der Waals surface area contributed by atoms with Gasteiger partial charge in [0.15, 0.2) is 0 Å². The van der Waals surface area contributed by atoms with Gasteiger partial charge in [0.05, 0.1) is 12.2 Å². The van der Waals surface area contributed by atoms with E-state index < -0.39 is 0 Å². The topological polar surface area (TPSA) is 38.5 Å². The van der Waals surface area contributed by atoms with Crippen molar-refractivity contribution in [2.24, 2.45) is 5.73 Å². The number of nitrogens with zero attached hydrogens (tertiary/aromatic N) is 1. The van der Waals surface area contributed by atoms with Crippen molar-refractivity contribution < 1.29 is 4.74 Å². The predicted octanol–water partition coefficient (Wildman–Crippen LogP) is 2.71. The van der Waals surface area contributed by atoms with Gasteiger partial charge in [0.25, 0.3) is 0 Å². The van der Waals surface area contributed by atoms with E-state index in [4.69, 9.17) is 10.5 Å². The molecule has 2 N–H and O–H groups in total. The molecule has 0 saturated carbocycles. The molecule has 1 aliphatic rings. The molecule has 1 aromatic rings. The molecule has 0 aromatic heterocycles. The van der Waals surface area contributed by atoms with Crippen molar-refractivity contribution in [2.75, 3.05) is 24.6 Å². The zero-order valence-corrected chi connectivity index (χ0v) is 12.4. The molecule has 3 nitrogen and oxygen atoms in total. The summed E-state index contributed by atoms with van der Waals surface area (Å²) < 4.78 is 5.83. The lowest BCUT2D eigenvalue weighted by molar-refractivity contribution is 0.00128. The van der Waals surface area contributed by atoms with E-state index >= 15 is 0 Å². The van der Waals surface area contributed by atoms with Crippen molar-refractivity contribution in [3.8, 4) is 0 Å². The monoisotopic (exact) mass is 262 g/mol. The van der Waals surface area contributed by atoms with Crippen LogP contribution in [0.4, 0.5) is 5.69 Å². The lowest BCUT2D eigenvalue weighted by Gasteiger charge is -2.32. The third kappa shape index (κ3) is 3.95. The first-order valence-corrected chi connectivity index (χ1v) is 7.20. The molecule has 1 aliphatic heterocycles. The lowest BCUT2D eigenvalue weighted by Crippen LogP contribution is -2.34. The summed E-state index contributed by atoms with van der Waals surface area (Å²) in [4.78, 5) is 2.44. The van der Waals surface area contributed by atoms with Crippen LogP contribution in [0.5, 0.6) is 0 Å². The van der Waals surface area contributed by atoms with Crippen molar-refractivity contribution in [1.29, 1.82) is 0 Å². The van der Waals surface area contributed by atoms with Crippen LogP contribution in [0.3, 0.4) is 0 Å².